The molecule has 28 heavy (non-hydrogen) atoms. The van der Waals surface area contributed by atoms with Crippen LogP contribution in [0.2, 0.25) is 0 Å². The zero-order chi connectivity index (χ0) is 18.9. The lowest BCUT2D eigenvalue weighted by molar-refractivity contribution is -0.135. The molecule has 1 atom stereocenters. The molecule has 0 radical (unpaired) electrons. The maximum Gasteiger partial charge on any atom is 0.312 e. The Labute approximate surface area is 164 Å². The van der Waals surface area contributed by atoms with E-state index in [1.165, 1.54) is 11.7 Å². The standard InChI is InChI=1S/C20H16N4O3S/c25-18-12-15(19-17(27-18)7-6-16-20(19)23-28-22-16)13-2-4-14(5-3-13)26-11-10-24-9-1-8-21-24/h1-9,15H,10-12H2. The molecule has 2 aromatic heterocycles. The van der Waals surface area contributed by atoms with Gasteiger partial charge in [-0.05, 0) is 35.9 Å². The molecule has 5 rings (SSSR count). The van der Waals surface area contributed by atoms with Crippen LogP contribution >= 0.6 is 11.7 Å². The Bertz CT molecular complexity index is 1120. The van der Waals surface area contributed by atoms with Crippen LogP contribution in [0.5, 0.6) is 11.5 Å². The number of hydrogen-bond acceptors (Lipinski definition) is 7. The summed E-state index contributed by atoms with van der Waals surface area (Å²) in [4.78, 5) is 12.1. The first-order valence-corrected chi connectivity index (χ1v) is 9.67. The van der Waals surface area contributed by atoms with Crippen molar-refractivity contribution in [2.75, 3.05) is 6.61 Å². The molecule has 0 N–H and O–H groups in total. The first-order valence-electron chi connectivity index (χ1n) is 8.94. The average molecular weight is 392 g/mol. The van der Waals surface area contributed by atoms with Gasteiger partial charge in [-0.25, -0.2) is 0 Å². The highest BCUT2D eigenvalue weighted by Crippen LogP contribution is 2.42. The van der Waals surface area contributed by atoms with Crippen LogP contribution in [0.3, 0.4) is 0 Å². The van der Waals surface area contributed by atoms with Crippen LogP contribution in [0.15, 0.2) is 54.9 Å². The van der Waals surface area contributed by atoms with E-state index in [0.717, 1.165) is 27.9 Å². The van der Waals surface area contributed by atoms with E-state index in [0.29, 0.717) is 18.9 Å². The van der Waals surface area contributed by atoms with Crippen LogP contribution in [0, 0.1) is 0 Å². The number of rotatable bonds is 5. The Balaban J connectivity index is 1.39. The van der Waals surface area contributed by atoms with E-state index < -0.39 is 0 Å². The van der Waals surface area contributed by atoms with Crippen LogP contribution in [-0.2, 0) is 11.3 Å². The van der Waals surface area contributed by atoms with Crippen molar-refractivity contribution in [2.24, 2.45) is 0 Å². The van der Waals surface area contributed by atoms with E-state index in [-0.39, 0.29) is 18.3 Å². The fourth-order valence-corrected chi connectivity index (χ4v) is 4.03. The molecule has 0 amide bonds. The molecule has 0 saturated carbocycles. The first-order chi connectivity index (χ1) is 13.8. The Hall–Kier alpha value is -3.26. The second kappa shape index (κ2) is 7.05. The molecule has 3 heterocycles. The lowest BCUT2D eigenvalue weighted by Crippen LogP contribution is -2.21. The summed E-state index contributed by atoms with van der Waals surface area (Å²) >= 11 is 1.17. The molecule has 1 aliphatic rings. The predicted molar refractivity (Wildman–Crippen MR) is 104 cm³/mol. The first kappa shape index (κ1) is 16.9. The number of fused-ring (bicyclic) bond motifs is 3. The van der Waals surface area contributed by atoms with Gasteiger partial charge in [0.1, 0.15) is 29.1 Å². The number of aromatic nitrogens is 4. The fourth-order valence-electron chi connectivity index (χ4n) is 3.48. The number of esters is 1. The van der Waals surface area contributed by atoms with Crippen molar-refractivity contribution in [3.8, 4) is 11.5 Å². The summed E-state index contributed by atoms with van der Waals surface area (Å²) < 4.78 is 21.8. The molecule has 0 bridgehead atoms. The molecule has 1 unspecified atom stereocenters. The lowest BCUT2D eigenvalue weighted by Gasteiger charge is -2.25. The van der Waals surface area contributed by atoms with Crippen molar-refractivity contribution in [3.05, 3.63) is 66.0 Å². The average Bonchev–Trinajstić information content (AvgIpc) is 3.39. The zero-order valence-corrected chi connectivity index (χ0v) is 15.6. The number of benzene rings is 2. The fraction of sp³-hybridized carbons (Fsp3) is 0.200. The van der Waals surface area contributed by atoms with E-state index >= 15 is 0 Å². The van der Waals surface area contributed by atoms with E-state index in [2.05, 4.69) is 13.8 Å². The third kappa shape index (κ3) is 3.11. The Morgan fingerprint density at radius 2 is 2.07 bits per heavy atom. The number of carbonyl (C=O) groups excluding carboxylic acids is 1. The minimum atomic E-state index is -0.236. The summed E-state index contributed by atoms with van der Waals surface area (Å²) in [5.41, 5.74) is 3.58. The third-order valence-electron chi connectivity index (χ3n) is 4.80. The molecule has 0 fully saturated rings. The van der Waals surface area contributed by atoms with Crippen LogP contribution in [0.4, 0.5) is 0 Å². The van der Waals surface area contributed by atoms with Gasteiger partial charge >= 0.3 is 5.97 Å². The normalized spacial score (nSPS) is 16.0. The van der Waals surface area contributed by atoms with Crippen LogP contribution < -0.4 is 9.47 Å². The number of nitrogens with zero attached hydrogens (tertiary/aromatic N) is 4. The molecule has 2 aromatic carbocycles. The minimum Gasteiger partial charge on any atom is -0.492 e. The smallest absolute Gasteiger partial charge is 0.312 e. The van der Waals surface area contributed by atoms with Crippen molar-refractivity contribution < 1.29 is 14.3 Å². The molecular weight excluding hydrogens is 376 g/mol. The van der Waals surface area contributed by atoms with Crippen LogP contribution in [0.1, 0.15) is 23.5 Å². The Morgan fingerprint density at radius 1 is 1.18 bits per heavy atom. The van der Waals surface area contributed by atoms with Gasteiger partial charge in [0.2, 0.25) is 0 Å². The van der Waals surface area contributed by atoms with Gasteiger partial charge in [-0.1, -0.05) is 12.1 Å². The van der Waals surface area contributed by atoms with E-state index in [1.54, 1.807) is 12.3 Å². The SMILES string of the molecule is O=C1CC(c2ccc(OCCn3cccn3)cc2)c2c(ccc3nsnc23)O1. The van der Waals surface area contributed by atoms with Crippen molar-refractivity contribution in [3.63, 3.8) is 0 Å². The highest BCUT2D eigenvalue weighted by molar-refractivity contribution is 7.00. The van der Waals surface area contributed by atoms with Gasteiger partial charge in [0, 0.05) is 23.9 Å². The summed E-state index contributed by atoms with van der Waals surface area (Å²) in [6.07, 6.45) is 3.93. The number of ether oxygens (including phenoxy) is 2. The third-order valence-corrected chi connectivity index (χ3v) is 5.34. The monoisotopic (exact) mass is 392 g/mol. The van der Waals surface area contributed by atoms with Gasteiger partial charge in [-0.2, -0.15) is 13.8 Å². The van der Waals surface area contributed by atoms with Crippen molar-refractivity contribution >= 4 is 28.7 Å². The van der Waals surface area contributed by atoms with Gasteiger partial charge in [-0.15, -0.1) is 0 Å². The largest absolute Gasteiger partial charge is 0.492 e. The second-order valence-corrected chi connectivity index (χ2v) is 7.06. The van der Waals surface area contributed by atoms with E-state index in [4.69, 9.17) is 9.47 Å². The molecular formula is C20H16N4O3S. The minimum absolute atomic E-state index is 0.109. The van der Waals surface area contributed by atoms with Crippen LogP contribution in [0.25, 0.3) is 11.0 Å². The summed E-state index contributed by atoms with van der Waals surface area (Å²) in [7, 11) is 0. The molecule has 140 valence electrons. The maximum atomic E-state index is 12.1. The summed E-state index contributed by atoms with van der Waals surface area (Å²) in [5.74, 6) is 1.01. The van der Waals surface area contributed by atoms with Gasteiger partial charge in [0.05, 0.1) is 24.7 Å². The highest BCUT2D eigenvalue weighted by Gasteiger charge is 2.31. The van der Waals surface area contributed by atoms with Gasteiger partial charge in [0.15, 0.2) is 0 Å². The van der Waals surface area contributed by atoms with E-state index in [1.807, 2.05) is 47.3 Å². The number of carbonyl (C=O) groups is 1. The van der Waals surface area contributed by atoms with E-state index in [9.17, 15) is 4.79 Å². The van der Waals surface area contributed by atoms with Gasteiger partial charge in [0.25, 0.3) is 0 Å². The second-order valence-electron chi connectivity index (χ2n) is 6.53. The zero-order valence-electron chi connectivity index (χ0n) is 14.8. The number of hydrogen-bond donors (Lipinski definition) is 0. The molecule has 7 nitrogen and oxygen atoms in total. The Kier molecular flexibility index (Phi) is 4.25. The van der Waals surface area contributed by atoms with Crippen molar-refractivity contribution in [1.29, 1.82) is 0 Å². The highest BCUT2D eigenvalue weighted by atomic mass is 32.1. The molecule has 1 aliphatic heterocycles. The van der Waals surface area contributed by atoms with Gasteiger partial charge in [-0.3, -0.25) is 9.48 Å². The summed E-state index contributed by atoms with van der Waals surface area (Å²) in [5, 5.41) is 4.15. The Morgan fingerprint density at radius 3 is 2.89 bits per heavy atom. The predicted octanol–water partition coefficient (Wildman–Crippen LogP) is 3.41. The lowest BCUT2D eigenvalue weighted by atomic mass is 9.85. The van der Waals surface area contributed by atoms with Crippen molar-refractivity contribution in [2.45, 2.75) is 18.9 Å². The molecule has 8 heteroatoms. The quantitative estimate of drug-likeness (QED) is 0.383. The topological polar surface area (TPSA) is 79.1 Å². The maximum absolute atomic E-state index is 12.1. The molecule has 0 aliphatic carbocycles. The van der Waals surface area contributed by atoms with Crippen LogP contribution in [-0.4, -0.2) is 31.1 Å². The molecule has 0 saturated heterocycles. The van der Waals surface area contributed by atoms with Crippen molar-refractivity contribution in [1.82, 2.24) is 18.5 Å². The summed E-state index contributed by atoms with van der Waals surface area (Å²) in [6.45, 7) is 1.22. The molecule has 4 aromatic rings. The van der Waals surface area contributed by atoms with Gasteiger partial charge < -0.3 is 9.47 Å². The summed E-state index contributed by atoms with van der Waals surface area (Å²) in [6, 6.07) is 13.4. The molecule has 0 spiro atoms.